The van der Waals surface area contributed by atoms with Gasteiger partial charge in [-0.3, -0.25) is 0 Å². The van der Waals surface area contributed by atoms with Gasteiger partial charge in [0.25, 0.3) is 0 Å². The second-order valence-corrected chi connectivity index (χ2v) is 2.50. The molecule has 0 atom stereocenters. The van der Waals surface area contributed by atoms with Gasteiger partial charge >= 0.3 is 7.48 Å². The van der Waals surface area contributed by atoms with Crippen molar-refractivity contribution < 1.29 is 5.02 Å². The number of halogens is 1. The van der Waals surface area contributed by atoms with Crippen LogP contribution < -0.4 is 0 Å². The van der Waals surface area contributed by atoms with Gasteiger partial charge in [-0.25, -0.2) is 0 Å². The minimum Gasteiger partial charge on any atom is -0.450 e. The lowest BCUT2D eigenvalue weighted by atomic mass is 10.0. The van der Waals surface area contributed by atoms with Crippen molar-refractivity contribution in [3.63, 3.8) is 0 Å². The fourth-order valence-electron chi connectivity index (χ4n) is 0.764. The summed E-state index contributed by atoms with van der Waals surface area (Å²) in [6, 6.07) is 7.40. The highest BCUT2D eigenvalue weighted by molar-refractivity contribution is 6.34. The Morgan fingerprint density at radius 2 is 2.27 bits per heavy atom. The highest BCUT2D eigenvalue weighted by Gasteiger charge is 1.87. The standard InChI is InChI=1S/C8H7BClO/c10-8-3-1-2-7(6-8)4-5-9-11/h1-6,11H. The number of hydrogen-bond donors (Lipinski definition) is 1. The van der Waals surface area contributed by atoms with E-state index in [1.54, 1.807) is 12.1 Å². The Labute approximate surface area is 71.6 Å². The molecule has 1 N–H and O–H groups in total. The van der Waals surface area contributed by atoms with E-state index in [2.05, 4.69) is 0 Å². The van der Waals surface area contributed by atoms with Crippen LogP contribution in [0.1, 0.15) is 5.56 Å². The van der Waals surface area contributed by atoms with Crippen LogP contribution in [-0.2, 0) is 0 Å². The quantitative estimate of drug-likeness (QED) is 0.664. The summed E-state index contributed by atoms with van der Waals surface area (Å²) in [7, 11) is 0.987. The first-order valence-electron chi connectivity index (χ1n) is 3.22. The Kier molecular flexibility index (Phi) is 3.21. The Bertz CT molecular complexity index is 260. The van der Waals surface area contributed by atoms with Crippen molar-refractivity contribution in [2.24, 2.45) is 0 Å². The van der Waals surface area contributed by atoms with Crippen molar-refractivity contribution in [1.29, 1.82) is 0 Å². The molecule has 1 aromatic carbocycles. The van der Waals surface area contributed by atoms with Crippen molar-refractivity contribution in [3.05, 3.63) is 40.8 Å². The molecule has 0 aliphatic rings. The average molecular weight is 165 g/mol. The van der Waals surface area contributed by atoms with Gasteiger partial charge in [0, 0.05) is 5.02 Å². The molecule has 11 heavy (non-hydrogen) atoms. The van der Waals surface area contributed by atoms with Gasteiger partial charge in [-0.2, -0.15) is 0 Å². The lowest BCUT2D eigenvalue weighted by Gasteiger charge is -1.92. The molecule has 0 unspecified atom stereocenters. The van der Waals surface area contributed by atoms with Gasteiger partial charge in [-0.15, -0.1) is 0 Å². The Balaban J connectivity index is 2.79. The van der Waals surface area contributed by atoms with Crippen molar-refractivity contribution in [2.45, 2.75) is 0 Å². The van der Waals surface area contributed by atoms with E-state index in [4.69, 9.17) is 16.6 Å². The maximum absolute atomic E-state index is 8.35. The molecule has 1 nitrogen and oxygen atoms in total. The predicted molar refractivity (Wildman–Crippen MR) is 48.5 cm³/mol. The third-order valence-corrected chi connectivity index (χ3v) is 1.46. The molecule has 3 heteroatoms. The first-order valence-corrected chi connectivity index (χ1v) is 3.60. The molecule has 1 radical (unpaired) electrons. The third-order valence-electron chi connectivity index (χ3n) is 1.22. The van der Waals surface area contributed by atoms with Gasteiger partial charge in [0.2, 0.25) is 0 Å². The van der Waals surface area contributed by atoms with Crippen LogP contribution in [0.5, 0.6) is 0 Å². The molecule has 0 spiro atoms. The van der Waals surface area contributed by atoms with E-state index in [0.717, 1.165) is 13.0 Å². The number of rotatable bonds is 2. The molecule has 0 saturated carbocycles. The van der Waals surface area contributed by atoms with Crippen LogP contribution in [-0.4, -0.2) is 12.5 Å². The van der Waals surface area contributed by atoms with Crippen molar-refractivity contribution >= 4 is 25.2 Å². The molecule has 1 rings (SSSR count). The molecule has 55 valence electrons. The highest BCUT2D eigenvalue weighted by Crippen LogP contribution is 2.11. The van der Waals surface area contributed by atoms with Gasteiger partial charge < -0.3 is 5.02 Å². The molecule has 0 heterocycles. The lowest BCUT2D eigenvalue weighted by molar-refractivity contribution is 0.615. The molecule has 0 aliphatic carbocycles. The summed E-state index contributed by atoms with van der Waals surface area (Å²) < 4.78 is 0. The normalized spacial score (nSPS) is 10.4. The Hall–Kier alpha value is -0.725. The fourth-order valence-corrected chi connectivity index (χ4v) is 0.963. The molecule has 0 bridgehead atoms. The minimum atomic E-state index is 0.699. The zero-order valence-electron chi connectivity index (χ0n) is 5.87. The van der Waals surface area contributed by atoms with E-state index < -0.39 is 0 Å². The number of benzene rings is 1. The average Bonchev–Trinajstić information content (AvgIpc) is 2.01. The van der Waals surface area contributed by atoms with Gasteiger partial charge in [-0.1, -0.05) is 35.8 Å². The van der Waals surface area contributed by atoms with Crippen LogP contribution in [0.2, 0.25) is 5.02 Å². The summed E-state index contributed by atoms with van der Waals surface area (Å²) in [5, 5.41) is 9.05. The van der Waals surface area contributed by atoms with Crippen LogP contribution in [0, 0.1) is 0 Å². The molecule has 0 saturated heterocycles. The van der Waals surface area contributed by atoms with Crippen LogP contribution in [0.15, 0.2) is 30.2 Å². The first-order chi connectivity index (χ1) is 5.33. The largest absolute Gasteiger partial charge is 0.450 e. The molecule has 0 amide bonds. The molecule has 0 fully saturated rings. The highest BCUT2D eigenvalue weighted by atomic mass is 35.5. The molecule has 0 aliphatic heterocycles. The second kappa shape index (κ2) is 4.22. The fraction of sp³-hybridized carbons (Fsp3) is 0. The molecule has 1 aromatic rings. The SMILES string of the molecule is O[B]C=Cc1cccc(Cl)c1. The van der Waals surface area contributed by atoms with Crippen molar-refractivity contribution in [3.8, 4) is 0 Å². The molecular formula is C8H7BClO. The van der Waals surface area contributed by atoms with Crippen molar-refractivity contribution in [2.75, 3.05) is 0 Å². The Morgan fingerprint density at radius 1 is 1.45 bits per heavy atom. The van der Waals surface area contributed by atoms with E-state index >= 15 is 0 Å². The summed E-state index contributed by atoms with van der Waals surface area (Å²) in [5.41, 5.74) is 0.975. The maximum atomic E-state index is 8.35. The van der Waals surface area contributed by atoms with Gasteiger partial charge in [0.15, 0.2) is 0 Å². The molecule has 0 aromatic heterocycles. The van der Waals surface area contributed by atoms with Crippen LogP contribution >= 0.6 is 11.6 Å². The summed E-state index contributed by atoms with van der Waals surface area (Å²) in [6.45, 7) is 0. The summed E-state index contributed by atoms with van der Waals surface area (Å²) in [6.07, 6.45) is 1.77. The van der Waals surface area contributed by atoms with Crippen LogP contribution in [0.3, 0.4) is 0 Å². The summed E-state index contributed by atoms with van der Waals surface area (Å²) in [5.74, 6) is 1.55. The zero-order valence-corrected chi connectivity index (χ0v) is 6.62. The van der Waals surface area contributed by atoms with E-state index in [1.165, 1.54) is 0 Å². The smallest absolute Gasteiger partial charge is 0.318 e. The lowest BCUT2D eigenvalue weighted by Crippen LogP contribution is -1.77. The summed E-state index contributed by atoms with van der Waals surface area (Å²) in [4.78, 5) is 0. The maximum Gasteiger partial charge on any atom is 0.318 e. The predicted octanol–water partition coefficient (Wildman–Crippen LogP) is 1.92. The van der Waals surface area contributed by atoms with Crippen LogP contribution in [0.4, 0.5) is 0 Å². The van der Waals surface area contributed by atoms with Crippen molar-refractivity contribution in [1.82, 2.24) is 0 Å². The topological polar surface area (TPSA) is 20.2 Å². The molecular weight excluding hydrogens is 158 g/mol. The van der Waals surface area contributed by atoms with E-state index in [-0.39, 0.29) is 0 Å². The third kappa shape index (κ3) is 2.79. The van der Waals surface area contributed by atoms with Gasteiger partial charge in [0.05, 0.1) is 0 Å². The second-order valence-electron chi connectivity index (χ2n) is 2.06. The minimum absolute atomic E-state index is 0.699. The van der Waals surface area contributed by atoms with Gasteiger partial charge in [0.1, 0.15) is 0 Å². The van der Waals surface area contributed by atoms with Gasteiger partial charge in [-0.05, 0) is 17.7 Å². The van der Waals surface area contributed by atoms with Crippen LogP contribution in [0.25, 0.3) is 6.08 Å². The monoisotopic (exact) mass is 165 g/mol. The van der Waals surface area contributed by atoms with E-state index in [9.17, 15) is 0 Å². The zero-order chi connectivity index (χ0) is 8.10. The van der Waals surface area contributed by atoms with E-state index in [0.29, 0.717) is 5.02 Å². The summed E-state index contributed by atoms with van der Waals surface area (Å²) >= 11 is 5.72. The van der Waals surface area contributed by atoms with E-state index in [1.807, 2.05) is 24.3 Å². The Morgan fingerprint density at radius 3 is 2.91 bits per heavy atom. The first kappa shape index (κ1) is 8.37. The number of hydrogen-bond acceptors (Lipinski definition) is 1.